The minimum Gasteiger partial charge on any atom is -0.339 e. The summed E-state index contributed by atoms with van der Waals surface area (Å²) in [6, 6.07) is 6.55. The smallest absolute Gasteiger partial charge is 0.231 e. The van der Waals surface area contributed by atoms with Crippen molar-refractivity contribution in [3.63, 3.8) is 0 Å². The van der Waals surface area contributed by atoms with E-state index in [9.17, 15) is 0 Å². The summed E-state index contributed by atoms with van der Waals surface area (Å²) >= 11 is 0. The molecule has 2 aromatic rings. The second kappa shape index (κ2) is 5.75. The highest BCUT2D eigenvalue weighted by molar-refractivity contribution is 5.30. The summed E-state index contributed by atoms with van der Waals surface area (Å²) in [6.45, 7) is 6.28. The number of nitrogens with zero attached hydrogens (tertiary/aromatic N) is 2. The Labute approximate surface area is 119 Å². The number of hydrogen-bond acceptors (Lipinski definition) is 4. The molecule has 0 saturated carbocycles. The Morgan fingerprint density at radius 2 is 2.05 bits per heavy atom. The number of hydrogen-bond donors (Lipinski definition) is 1. The van der Waals surface area contributed by atoms with Crippen LogP contribution in [0.4, 0.5) is 0 Å². The summed E-state index contributed by atoms with van der Waals surface area (Å²) in [6.07, 6.45) is 3.06. The van der Waals surface area contributed by atoms with Crippen LogP contribution in [0.15, 0.2) is 22.7 Å². The van der Waals surface area contributed by atoms with Crippen molar-refractivity contribution in [1.82, 2.24) is 15.5 Å². The van der Waals surface area contributed by atoms with Crippen LogP contribution in [0, 0.1) is 13.8 Å². The van der Waals surface area contributed by atoms with Crippen molar-refractivity contribution in [2.45, 2.75) is 39.0 Å². The Balaban J connectivity index is 1.73. The molecule has 1 aromatic carbocycles. The van der Waals surface area contributed by atoms with Crippen LogP contribution in [0.25, 0.3) is 0 Å². The van der Waals surface area contributed by atoms with Crippen molar-refractivity contribution in [1.29, 1.82) is 0 Å². The van der Waals surface area contributed by atoms with Gasteiger partial charge in [0.15, 0.2) is 5.82 Å². The van der Waals surface area contributed by atoms with Gasteiger partial charge in [-0.15, -0.1) is 0 Å². The molecular formula is C16H21N3O. The molecule has 4 nitrogen and oxygen atoms in total. The molecule has 106 valence electrons. The van der Waals surface area contributed by atoms with Gasteiger partial charge in [0.2, 0.25) is 5.89 Å². The predicted molar refractivity (Wildman–Crippen MR) is 77.9 cm³/mol. The van der Waals surface area contributed by atoms with Crippen LogP contribution in [0.5, 0.6) is 0 Å². The maximum absolute atomic E-state index is 5.44. The Morgan fingerprint density at radius 1 is 1.25 bits per heavy atom. The van der Waals surface area contributed by atoms with Gasteiger partial charge in [-0.05, 0) is 38.8 Å². The average Bonchev–Trinajstić information content (AvgIpc) is 2.87. The quantitative estimate of drug-likeness (QED) is 0.932. The summed E-state index contributed by atoms with van der Waals surface area (Å²) in [4.78, 5) is 4.57. The number of aromatic nitrogens is 2. The molecule has 1 atom stereocenters. The second-order valence-electron chi connectivity index (χ2n) is 5.76. The molecule has 1 N–H and O–H groups in total. The lowest BCUT2D eigenvalue weighted by atomic mass is 10.00. The number of rotatable bonds is 3. The van der Waals surface area contributed by atoms with E-state index >= 15 is 0 Å². The Morgan fingerprint density at radius 3 is 2.75 bits per heavy atom. The average molecular weight is 271 g/mol. The summed E-state index contributed by atoms with van der Waals surface area (Å²) < 4.78 is 5.44. The fourth-order valence-electron chi connectivity index (χ4n) is 2.92. The third kappa shape index (κ3) is 3.07. The third-order valence-electron chi connectivity index (χ3n) is 3.77. The molecule has 4 heteroatoms. The normalized spacial score (nSPS) is 19.2. The molecule has 1 aliphatic heterocycles. The Kier molecular flexibility index (Phi) is 3.83. The minimum atomic E-state index is 0.379. The van der Waals surface area contributed by atoms with Crippen LogP contribution >= 0.6 is 0 Å². The molecular weight excluding hydrogens is 250 g/mol. The molecule has 1 aromatic heterocycles. The van der Waals surface area contributed by atoms with E-state index in [1.807, 2.05) is 0 Å². The first-order valence-electron chi connectivity index (χ1n) is 7.31. The molecule has 2 heterocycles. The van der Waals surface area contributed by atoms with Crippen LogP contribution in [-0.4, -0.2) is 23.2 Å². The fourth-order valence-corrected chi connectivity index (χ4v) is 2.92. The van der Waals surface area contributed by atoms with E-state index in [0.717, 1.165) is 37.6 Å². The highest BCUT2D eigenvalue weighted by atomic mass is 16.5. The van der Waals surface area contributed by atoms with Crippen molar-refractivity contribution >= 4 is 0 Å². The van der Waals surface area contributed by atoms with Crippen LogP contribution in [0.2, 0.25) is 0 Å². The molecule has 0 aliphatic carbocycles. The van der Waals surface area contributed by atoms with Gasteiger partial charge in [0.1, 0.15) is 0 Å². The lowest BCUT2D eigenvalue weighted by molar-refractivity contribution is 0.320. The maximum Gasteiger partial charge on any atom is 0.231 e. The van der Waals surface area contributed by atoms with Crippen molar-refractivity contribution in [2.24, 2.45) is 0 Å². The maximum atomic E-state index is 5.44. The zero-order valence-corrected chi connectivity index (χ0v) is 12.1. The first-order valence-corrected chi connectivity index (χ1v) is 7.31. The lowest BCUT2D eigenvalue weighted by Crippen LogP contribution is -2.28. The van der Waals surface area contributed by atoms with Gasteiger partial charge in [0.05, 0.1) is 5.92 Å². The minimum absolute atomic E-state index is 0.379. The van der Waals surface area contributed by atoms with Gasteiger partial charge in [-0.1, -0.05) is 34.5 Å². The van der Waals surface area contributed by atoms with Crippen LogP contribution in [-0.2, 0) is 6.42 Å². The summed E-state index contributed by atoms with van der Waals surface area (Å²) in [5, 5.41) is 7.51. The molecule has 1 saturated heterocycles. The fraction of sp³-hybridized carbons (Fsp3) is 0.500. The molecule has 0 amide bonds. The van der Waals surface area contributed by atoms with E-state index in [1.165, 1.54) is 23.1 Å². The van der Waals surface area contributed by atoms with Crippen LogP contribution in [0.1, 0.15) is 47.2 Å². The highest BCUT2D eigenvalue weighted by Gasteiger charge is 2.21. The molecule has 20 heavy (non-hydrogen) atoms. The molecule has 1 aliphatic rings. The van der Waals surface area contributed by atoms with Crippen LogP contribution < -0.4 is 5.32 Å². The molecule has 1 fully saturated rings. The van der Waals surface area contributed by atoms with Crippen molar-refractivity contribution < 1.29 is 4.52 Å². The number of benzene rings is 1. The standard InChI is InChI=1S/C16H21N3O/c1-11-6-12(2)8-13(7-11)9-15-18-16(20-19-15)14-4-3-5-17-10-14/h6-8,14,17H,3-5,9-10H2,1-2H3/t14-/m1/s1. The number of aryl methyl sites for hydroxylation is 2. The van der Waals surface area contributed by atoms with E-state index in [1.54, 1.807) is 0 Å². The van der Waals surface area contributed by atoms with Gasteiger partial charge in [-0.25, -0.2) is 0 Å². The topological polar surface area (TPSA) is 51.0 Å². The number of nitrogens with one attached hydrogen (secondary N) is 1. The van der Waals surface area contributed by atoms with Gasteiger partial charge in [-0.3, -0.25) is 0 Å². The van der Waals surface area contributed by atoms with Gasteiger partial charge < -0.3 is 9.84 Å². The first-order chi connectivity index (χ1) is 9.70. The first kappa shape index (κ1) is 13.3. The van der Waals surface area contributed by atoms with E-state index in [4.69, 9.17) is 4.52 Å². The monoisotopic (exact) mass is 271 g/mol. The van der Waals surface area contributed by atoms with Crippen molar-refractivity contribution in [3.05, 3.63) is 46.6 Å². The van der Waals surface area contributed by atoms with E-state index < -0.39 is 0 Å². The van der Waals surface area contributed by atoms with Crippen molar-refractivity contribution in [3.8, 4) is 0 Å². The Bertz CT molecular complexity index is 565. The van der Waals surface area contributed by atoms with Gasteiger partial charge in [0, 0.05) is 13.0 Å². The zero-order chi connectivity index (χ0) is 13.9. The number of piperidine rings is 1. The second-order valence-corrected chi connectivity index (χ2v) is 5.76. The van der Waals surface area contributed by atoms with Crippen molar-refractivity contribution in [2.75, 3.05) is 13.1 Å². The molecule has 0 spiro atoms. The van der Waals surface area contributed by atoms with E-state index in [0.29, 0.717) is 5.92 Å². The molecule has 0 unspecified atom stereocenters. The highest BCUT2D eigenvalue weighted by Crippen LogP contribution is 2.22. The Hall–Kier alpha value is -1.68. The summed E-state index contributed by atoms with van der Waals surface area (Å²) in [7, 11) is 0. The van der Waals surface area contributed by atoms with Gasteiger partial charge >= 0.3 is 0 Å². The molecule has 0 bridgehead atoms. The summed E-state index contributed by atoms with van der Waals surface area (Å²) in [5.74, 6) is 1.95. The summed E-state index contributed by atoms with van der Waals surface area (Å²) in [5.41, 5.74) is 3.80. The largest absolute Gasteiger partial charge is 0.339 e. The van der Waals surface area contributed by atoms with Crippen LogP contribution in [0.3, 0.4) is 0 Å². The third-order valence-corrected chi connectivity index (χ3v) is 3.77. The zero-order valence-electron chi connectivity index (χ0n) is 12.1. The predicted octanol–water partition coefficient (Wildman–Crippen LogP) is 2.74. The lowest BCUT2D eigenvalue weighted by Gasteiger charge is -2.18. The SMILES string of the molecule is Cc1cc(C)cc(Cc2noc([C@@H]3CCCNC3)n2)c1. The van der Waals surface area contributed by atoms with E-state index in [-0.39, 0.29) is 0 Å². The van der Waals surface area contributed by atoms with Gasteiger partial charge in [-0.2, -0.15) is 4.98 Å². The molecule has 0 radical (unpaired) electrons. The molecule has 3 rings (SSSR count). The van der Waals surface area contributed by atoms with Gasteiger partial charge in [0.25, 0.3) is 0 Å². The van der Waals surface area contributed by atoms with E-state index in [2.05, 4.69) is 47.5 Å².